The average Bonchev–Trinajstić information content (AvgIpc) is 3.67. The molecule has 222 valence electrons. The number of nitrogens with zero attached hydrogens (tertiary/aromatic N) is 5. The predicted octanol–water partition coefficient (Wildman–Crippen LogP) is 4.79. The zero-order valence-corrected chi connectivity index (χ0v) is 23.5. The fourth-order valence-corrected chi connectivity index (χ4v) is 7.41. The Bertz CT molecular complexity index is 1650. The number of fused-ring (bicyclic) bond motifs is 3. The van der Waals surface area contributed by atoms with Crippen LogP contribution < -0.4 is 25.4 Å². The van der Waals surface area contributed by atoms with Gasteiger partial charge in [-0.2, -0.15) is 18.7 Å². The lowest BCUT2D eigenvalue weighted by atomic mass is 9.95. The molecule has 42 heavy (non-hydrogen) atoms. The van der Waals surface area contributed by atoms with Crippen LogP contribution in [-0.4, -0.2) is 77.9 Å². The quantitative estimate of drug-likeness (QED) is 0.289. The van der Waals surface area contributed by atoms with Gasteiger partial charge in [0.25, 0.3) is 0 Å². The van der Waals surface area contributed by atoms with Gasteiger partial charge < -0.3 is 25.4 Å². The molecule has 0 unspecified atom stereocenters. The summed E-state index contributed by atoms with van der Waals surface area (Å²) in [5.74, 6) is -1.59. The zero-order valence-electron chi connectivity index (χ0n) is 22.6. The smallest absolute Gasteiger partial charge is 0.387 e. The molecular weight excluding hydrogens is 574 g/mol. The third-order valence-electron chi connectivity index (χ3n) is 8.55. The predicted molar refractivity (Wildman–Crippen MR) is 152 cm³/mol. The minimum absolute atomic E-state index is 0.0127. The van der Waals surface area contributed by atoms with Crippen molar-refractivity contribution in [1.82, 2.24) is 25.2 Å². The molecule has 3 aliphatic rings. The van der Waals surface area contributed by atoms with Crippen molar-refractivity contribution in [2.45, 2.75) is 37.8 Å². The van der Waals surface area contributed by atoms with E-state index in [-0.39, 0.29) is 48.9 Å². The highest BCUT2D eigenvalue weighted by Crippen LogP contribution is 2.45. The molecule has 0 saturated carbocycles. The van der Waals surface area contributed by atoms with Crippen molar-refractivity contribution in [3.05, 3.63) is 29.8 Å². The van der Waals surface area contributed by atoms with Crippen LogP contribution in [0.15, 0.2) is 18.2 Å². The Morgan fingerprint density at radius 3 is 2.52 bits per heavy atom. The molecule has 0 bridgehead atoms. The highest BCUT2D eigenvalue weighted by Gasteiger charge is 2.45. The number of hydrogen-bond acceptors (Lipinski definition) is 10. The van der Waals surface area contributed by atoms with E-state index >= 15 is 4.39 Å². The summed E-state index contributed by atoms with van der Waals surface area (Å²) >= 11 is 0.884. The Labute approximate surface area is 242 Å². The maximum Gasteiger partial charge on any atom is 0.387 e. The molecule has 3 fully saturated rings. The summed E-state index contributed by atoms with van der Waals surface area (Å²) < 4.78 is 69.9. The molecule has 3 saturated heterocycles. The summed E-state index contributed by atoms with van der Waals surface area (Å²) in [5, 5.41) is 3.53. The fourth-order valence-electron chi connectivity index (χ4n) is 6.64. The van der Waals surface area contributed by atoms with Crippen molar-refractivity contribution in [2.24, 2.45) is 0 Å². The second-order valence-electron chi connectivity index (χ2n) is 10.9. The van der Waals surface area contributed by atoms with Gasteiger partial charge in [-0.05, 0) is 57.0 Å². The third kappa shape index (κ3) is 4.65. The minimum atomic E-state index is -3.25. The summed E-state index contributed by atoms with van der Waals surface area (Å²) in [5.41, 5.74) is 5.43. The van der Waals surface area contributed by atoms with Gasteiger partial charge >= 0.3 is 12.6 Å². The molecule has 4 aromatic rings. The molecule has 3 aliphatic heterocycles. The average molecular weight is 604 g/mol. The second kappa shape index (κ2) is 10.7. The molecule has 2 aromatic heterocycles. The van der Waals surface area contributed by atoms with E-state index in [9.17, 15) is 13.2 Å². The number of nitrogens with two attached hydrogens (primary N) is 1. The maximum atomic E-state index is 16.7. The largest absolute Gasteiger partial charge is 0.461 e. The minimum Gasteiger partial charge on any atom is -0.461 e. The second-order valence-corrected chi connectivity index (χ2v) is 12.0. The number of benzene rings is 2. The van der Waals surface area contributed by atoms with Gasteiger partial charge in [0.2, 0.25) is 0 Å². The number of rotatable bonds is 7. The van der Waals surface area contributed by atoms with E-state index in [2.05, 4.69) is 25.2 Å². The SMILES string of the molecule is Nc1nc2c(-c3c(OC(F)F)cc4c(N5CCNCC5)nc(OCC56CCCN5CCC6)nc4c3F)ccc(F)c2s1. The number of nitrogens with one attached hydrogen (secondary N) is 1. The van der Waals surface area contributed by atoms with Crippen LogP contribution in [-0.2, 0) is 0 Å². The van der Waals surface area contributed by atoms with Crippen molar-refractivity contribution >= 4 is 43.4 Å². The molecule has 9 nitrogen and oxygen atoms in total. The third-order valence-corrected chi connectivity index (χ3v) is 9.44. The number of nitrogen functional groups attached to an aromatic ring is 1. The molecule has 0 atom stereocenters. The molecule has 14 heteroatoms. The number of aromatic nitrogens is 3. The summed E-state index contributed by atoms with van der Waals surface area (Å²) in [6, 6.07) is 3.74. The van der Waals surface area contributed by atoms with Gasteiger partial charge in [0, 0.05) is 37.1 Å². The topological polar surface area (TPSA) is 102 Å². The van der Waals surface area contributed by atoms with Crippen molar-refractivity contribution in [2.75, 3.05) is 56.5 Å². The van der Waals surface area contributed by atoms with Gasteiger partial charge in [-0.1, -0.05) is 11.3 Å². The lowest BCUT2D eigenvalue weighted by Crippen LogP contribution is -2.44. The molecule has 7 rings (SSSR count). The van der Waals surface area contributed by atoms with Gasteiger partial charge in [0.05, 0.1) is 21.3 Å². The van der Waals surface area contributed by atoms with Gasteiger partial charge in [-0.25, -0.2) is 13.8 Å². The van der Waals surface area contributed by atoms with Crippen LogP contribution in [0.2, 0.25) is 0 Å². The number of hydrogen-bond donors (Lipinski definition) is 2. The number of anilines is 2. The number of halogens is 4. The summed E-state index contributed by atoms with van der Waals surface area (Å²) in [4.78, 5) is 17.7. The van der Waals surface area contributed by atoms with Gasteiger partial charge in [-0.15, -0.1) is 0 Å². The van der Waals surface area contributed by atoms with E-state index in [1.54, 1.807) is 0 Å². The first-order valence-electron chi connectivity index (χ1n) is 14.0. The number of alkyl halides is 2. The van der Waals surface area contributed by atoms with Crippen LogP contribution in [0.1, 0.15) is 25.7 Å². The van der Waals surface area contributed by atoms with E-state index in [0.717, 1.165) is 56.2 Å². The van der Waals surface area contributed by atoms with E-state index in [1.807, 2.05) is 4.90 Å². The molecule has 2 aromatic carbocycles. The molecule has 0 aliphatic carbocycles. The van der Waals surface area contributed by atoms with Crippen LogP contribution in [0, 0.1) is 11.6 Å². The van der Waals surface area contributed by atoms with Crippen LogP contribution in [0.4, 0.5) is 28.5 Å². The van der Waals surface area contributed by atoms with Crippen molar-refractivity contribution in [3.8, 4) is 22.9 Å². The number of ether oxygens (including phenoxy) is 2. The van der Waals surface area contributed by atoms with Crippen LogP contribution >= 0.6 is 11.3 Å². The lowest BCUT2D eigenvalue weighted by Gasteiger charge is -2.32. The van der Waals surface area contributed by atoms with Crippen molar-refractivity contribution < 1.29 is 27.0 Å². The molecule has 0 amide bonds. The molecule has 3 N–H and O–H groups in total. The normalized spacial score (nSPS) is 18.8. The van der Waals surface area contributed by atoms with Gasteiger partial charge in [0.15, 0.2) is 10.9 Å². The Balaban J connectivity index is 1.41. The monoisotopic (exact) mass is 603 g/mol. The zero-order chi connectivity index (χ0) is 29.0. The van der Waals surface area contributed by atoms with Crippen LogP contribution in [0.25, 0.3) is 32.2 Å². The van der Waals surface area contributed by atoms with Crippen molar-refractivity contribution in [3.63, 3.8) is 0 Å². The molecule has 5 heterocycles. The summed E-state index contributed by atoms with van der Waals surface area (Å²) in [6.07, 6.45) is 4.20. The first kappa shape index (κ1) is 27.3. The Kier molecular flexibility index (Phi) is 6.94. The van der Waals surface area contributed by atoms with Crippen LogP contribution in [0.5, 0.6) is 11.8 Å². The summed E-state index contributed by atoms with van der Waals surface area (Å²) in [7, 11) is 0. The Hall–Kier alpha value is -3.49. The van der Waals surface area contributed by atoms with Crippen molar-refractivity contribution in [1.29, 1.82) is 0 Å². The van der Waals surface area contributed by atoms with E-state index in [1.165, 1.54) is 12.1 Å². The molecule has 0 radical (unpaired) electrons. The molecule has 0 spiro atoms. The van der Waals surface area contributed by atoms with E-state index < -0.39 is 24.0 Å². The lowest BCUT2D eigenvalue weighted by molar-refractivity contribution is -0.0494. The van der Waals surface area contributed by atoms with E-state index in [0.29, 0.717) is 38.6 Å². The first-order chi connectivity index (χ1) is 20.3. The Morgan fingerprint density at radius 2 is 1.79 bits per heavy atom. The van der Waals surface area contributed by atoms with Gasteiger partial charge in [0.1, 0.15) is 29.5 Å². The highest BCUT2D eigenvalue weighted by atomic mass is 32.1. The molecular formula is C28H29F4N7O2S. The van der Waals surface area contributed by atoms with E-state index in [4.69, 9.17) is 15.2 Å². The maximum absolute atomic E-state index is 16.7. The van der Waals surface area contributed by atoms with Crippen LogP contribution in [0.3, 0.4) is 0 Å². The first-order valence-corrected chi connectivity index (χ1v) is 14.8. The number of piperazine rings is 1. The Morgan fingerprint density at radius 1 is 1.02 bits per heavy atom. The standard InChI is InChI=1S/C28H29F4N7O2S/c29-17-4-3-15(22-23(17)42-26(33)35-22)19-18(41-25(31)32)13-16-21(20(19)30)36-27(37-24(16)38-11-7-34-8-12-38)40-14-28-5-1-9-39(28)10-2-6-28/h3-4,13,25,34H,1-2,5-12,14H2,(H2,33,35). The fraction of sp³-hybridized carbons (Fsp3) is 0.464. The van der Waals surface area contributed by atoms with Gasteiger partial charge in [-0.3, -0.25) is 4.90 Å². The summed E-state index contributed by atoms with van der Waals surface area (Å²) in [6.45, 7) is 1.63. The number of thiazole rings is 1. The highest BCUT2D eigenvalue weighted by molar-refractivity contribution is 7.22.